The minimum Gasteiger partial charge on any atom is -0.309 e. The Morgan fingerprint density at radius 1 is 0.396 bits per heavy atom. The van der Waals surface area contributed by atoms with Crippen molar-refractivity contribution in [2.45, 2.75) is 0 Å². The molecule has 0 aliphatic heterocycles. The van der Waals surface area contributed by atoms with Gasteiger partial charge in [0.15, 0.2) is 23.2 Å². The lowest BCUT2D eigenvalue weighted by Crippen LogP contribution is -2.00. The van der Waals surface area contributed by atoms with Gasteiger partial charge in [-0.15, -0.1) is 0 Å². The van der Waals surface area contributed by atoms with E-state index in [2.05, 4.69) is 113 Å². The van der Waals surface area contributed by atoms with Gasteiger partial charge in [0.2, 0.25) is 0 Å². The van der Waals surface area contributed by atoms with E-state index in [-0.39, 0.29) is 0 Å². The largest absolute Gasteiger partial charge is 0.309 e. The van der Waals surface area contributed by atoms with Crippen molar-refractivity contribution in [3.05, 3.63) is 187 Å². The maximum Gasteiger partial charge on any atom is 0.188 e. The van der Waals surface area contributed by atoms with Crippen LogP contribution in [0.4, 0.5) is 5.69 Å². The van der Waals surface area contributed by atoms with Crippen LogP contribution in [-0.2, 0) is 0 Å². The molecule has 0 spiro atoms. The summed E-state index contributed by atoms with van der Waals surface area (Å²) in [5.74, 6) is 1.89. The molecular formula is C48H29N5. The van der Waals surface area contributed by atoms with Crippen molar-refractivity contribution in [1.82, 2.24) is 19.5 Å². The lowest BCUT2D eigenvalue weighted by molar-refractivity contribution is 1.08. The van der Waals surface area contributed by atoms with Gasteiger partial charge in [-0.2, -0.15) is 0 Å². The second-order valence-electron chi connectivity index (χ2n) is 13.2. The van der Waals surface area contributed by atoms with Gasteiger partial charge in [-0.1, -0.05) is 133 Å². The topological polar surface area (TPSA) is 48.0 Å². The van der Waals surface area contributed by atoms with Crippen LogP contribution in [0.25, 0.3) is 99.2 Å². The number of rotatable bonds is 5. The van der Waals surface area contributed by atoms with Crippen LogP contribution < -0.4 is 0 Å². The molecule has 0 radical (unpaired) electrons. The third-order valence-corrected chi connectivity index (χ3v) is 10.0. The summed E-state index contributed by atoms with van der Waals surface area (Å²) >= 11 is 0. The maximum absolute atomic E-state index is 7.77. The average Bonchev–Trinajstić information content (AvgIpc) is 3.56. The van der Waals surface area contributed by atoms with Crippen LogP contribution >= 0.6 is 0 Å². The van der Waals surface area contributed by atoms with E-state index in [1.54, 1.807) is 0 Å². The summed E-state index contributed by atoms with van der Waals surface area (Å²) in [6.45, 7) is 7.77. The van der Waals surface area contributed by atoms with Crippen molar-refractivity contribution in [3.63, 3.8) is 0 Å². The zero-order chi connectivity index (χ0) is 35.3. The Balaban J connectivity index is 1.16. The summed E-state index contributed by atoms with van der Waals surface area (Å²) in [6.07, 6.45) is 0. The minimum absolute atomic E-state index is 0.623. The first kappa shape index (κ1) is 30.4. The van der Waals surface area contributed by atoms with Gasteiger partial charge in [-0.3, -0.25) is 0 Å². The Labute approximate surface area is 305 Å². The molecule has 0 aliphatic carbocycles. The van der Waals surface area contributed by atoms with E-state index in [1.165, 1.54) is 10.8 Å². The number of benzene rings is 8. The monoisotopic (exact) mass is 675 g/mol. The molecule has 10 aromatic rings. The van der Waals surface area contributed by atoms with Crippen LogP contribution in [0.1, 0.15) is 0 Å². The molecule has 246 valence electrons. The average molecular weight is 676 g/mol. The van der Waals surface area contributed by atoms with Gasteiger partial charge in [-0.05, 0) is 80.5 Å². The van der Waals surface area contributed by atoms with E-state index < -0.39 is 0 Å². The first-order valence-corrected chi connectivity index (χ1v) is 17.6. The van der Waals surface area contributed by atoms with Crippen molar-refractivity contribution < 1.29 is 0 Å². The van der Waals surface area contributed by atoms with Gasteiger partial charge in [0.1, 0.15) is 0 Å². The van der Waals surface area contributed by atoms with Crippen LogP contribution in [0, 0.1) is 6.57 Å². The third-order valence-electron chi connectivity index (χ3n) is 10.0. The Morgan fingerprint density at radius 3 is 1.66 bits per heavy atom. The van der Waals surface area contributed by atoms with Gasteiger partial charge in [0.25, 0.3) is 0 Å². The van der Waals surface area contributed by atoms with Crippen LogP contribution in [-0.4, -0.2) is 19.5 Å². The highest BCUT2D eigenvalue weighted by molar-refractivity contribution is 6.13. The van der Waals surface area contributed by atoms with Crippen molar-refractivity contribution >= 4 is 49.0 Å². The lowest BCUT2D eigenvalue weighted by Gasteiger charge is -2.13. The molecule has 5 nitrogen and oxygen atoms in total. The molecule has 0 amide bonds. The van der Waals surface area contributed by atoms with Gasteiger partial charge >= 0.3 is 0 Å². The van der Waals surface area contributed by atoms with Crippen molar-refractivity contribution in [2.24, 2.45) is 0 Å². The summed E-state index contributed by atoms with van der Waals surface area (Å²) in [5, 5.41) is 6.70. The fourth-order valence-electron chi connectivity index (χ4n) is 7.52. The van der Waals surface area contributed by atoms with Crippen molar-refractivity contribution in [2.75, 3.05) is 0 Å². The number of hydrogen-bond donors (Lipinski definition) is 0. The Morgan fingerprint density at radius 2 is 0.962 bits per heavy atom. The highest BCUT2D eigenvalue weighted by Crippen LogP contribution is 2.40. The van der Waals surface area contributed by atoms with E-state index in [4.69, 9.17) is 21.5 Å². The van der Waals surface area contributed by atoms with Crippen molar-refractivity contribution in [1.29, 1.82) is 0 Å². The number of nitrogens with zero attached hydrogens (tertiary/aromatic N) is 5. The first-order valence-electron chi connectivity index (χ1n) is 17.6. The Kier molecular flexibility index (Phi) is 7.12. The van der Waals surface area contributed by atoms with Crippen molar-refractivity contribution in [3.8, 4) is 51.0 Å². The summed E-state index contributed by atoms with van der Waals surface area (Å²) in [6, 6.07) is 60.6. The standard InChI is InChI=1S/C48H29N5/c1-49-36-22-27-45-43(30-36)42-29-35(21-26-44(42)53(45)37-23-20-31-12-8-9-17-34(31)28-37)38-24-25-41(40-19-11-10-18-39(38)40)48-51-46(32-13-4-2-5-14-32)50-47(52-48)33-15-6-3-7-16-33/h2-30H. The molecule has 2 aromatic heterocycles. The summed E-state index contributed by atoms with van der Waals surface area (Å²) in [7, 11) is 0. The summed E-state index contributed by atoms with van der Waals surface area (Å²) in [4.78, 5) is 18.8. The Hall–Kier alpha value is -7.42. The summed E-state index contributed by atoms with van der Waals surface area (Å²) < 4.78 is 2.31. The smallest absolute Gasteiger partial charge is 0.188 e. The van der Waals surface area contributed by atoms with E-state index in [1.807, 2.05) is 72.8 Å². The molecule has 8 aromatic carbocycles. The van der Waals surface area contributed by atoms with Gasteiger partial charge in [-0.25, -0.2) is 19.8 Å². The number of hydrogen-bond acceptors (Lipinski definition) is 3. The fourth-order valence-corrected chi connectivity index (χ4v) is 7.52. The normalized spacial score (nSPS) is 11.4. The molecule has 0 fully saturated rings. The van der Waals surface area contributed by atoms with Crippen LogP contribution in [0.3, 0.4) is 0 Å². The quantitative estimate of drug-likeness (QED) is 0.171. The predicted molar refractivity (Wildman–Crippen MR) is 217 cm³/mol. The molecule has 0 N–H and O–H groups in total. The lowest BCUT2D eigenvalue weighted by atomic mass is 9.94. The first-order chi connectivity index (χ1) is 26.2. The predicted octanol–water partition coefficient (Wildman–Crippen LogP) is 12.5. The van der Waals surface area contributed by atoms with E-state index in [0.717, 1.165) is 66.1 Å². The molecule has 2 heterocycles. The molecule has 0 unspecified atom stereocenters. The van der Waals surface area contributed by atoms with Crippen LogP contribution in [0.2, 0.25) is 0 Å². The highest BCUT2D eigenvalue weighted by Gasteiger charge is 2.18. The zero-order valence-electron chi connectivity index (χ0n) is 28.5. The van der Waals surface area contributed by atoms with Gasteiger partial charge < -0.3 is 4.57 Å². The van der Waals surface area contributed by atoms with Crippen LogP contribution in [0.15, 0.2) is 176 Å². The minimum atomic E-state index is 0.623. The van der Waals surface area contributed by atoms with E-state index in [9.17, 15) is 0 Å². The summed E-state index contributed by atoms with van der Waals surface area (Å²) in [5.41, 5.74) is 8.89. The molecule has 10 rings (SSSR count). The molecular weight excluding hydrogens is 647 g/mol. The second-order valence-corrected chi connectivity index (χ2v) is 13.2. The molecule has 5 heteroatoms. The molecule has 0 aliphatic rings. The SMILES string of the molecule is [C-]#[N+]c1ccc2c(c1)c1cc(-c3ccc(-c4nc(-c5ccccc5)nc(-c5ccccc5)n4)c4ccccc34)ccc1n2-c1ccc2ccccc2c1. The molecule has 0 atom stereocenters. The van der Waals surface area contributed by atoms with Gasteiger partial charge in [0, 0.05) is 27.8 Å². The highest BCUT2D eigenvalue weighted by atomic mass is 15.0. The molecule has 0 bridgehead atoms. The van der Waals surface area contributed by atoms with E-state index >= 15 is 0 Å². The number of aromatic nitrogens is 4. The Bertz CT molecular complexity index is 3010. The zero-order valence-corrected chi connectivity index (χ0v) is 28.5. The molecule has 53 heavy (non-hydrogen) atoms. The number of fused-ring (bicyclic) bond motifs is 5. The van der Waals surface area contributed by atoms with Crippen LogP contribution in [0.5, 0.6) is 0 Å². The molecule has 0 saturated heterocycles. The van der Waals surface area contributed by atoms with Gasteiger partial charge in [0.05, 0.1) is 17.6 Å². The molecule has 0 saturated carbocycles. The maximum atomic E-state index is 7.77. The fraction of sp³-hybridized carbons (Fsp3) is 0. The second kappa shape index (κ2) is 12.4. The van der Waals surface area contributed by atoms with E-state index in [0.29, 0.717) is 23.2 Å². The third kappa shape index (κ3) is 5.21.